The summed E-state index contributed by atoms with van der Waals surface area (Å²) in [7, 11) is 0. The van der Waals surface area contributed by atoms with Gasteiger partial charge in [-0.1, -0.05) is 0 Å². The molecule has 2 rings (SSSR count). The van der Waals surface area contributed by atoms with Crippen LogP contribution in [0.2, 0.25) is 0 Å². The number of nitro groups is 1. The van der Waals surface area contributed by atoms with Crippen LogP contribution in [0.1, 0.15) is 23.2 Å². The van der Waals surface area contributed by atoms with Crippen molar-refractivity contribution in [2.24, 2.45) is 0 Å². The Bertz CT molecular complexity index is 510. The molecule has 0 aliphatic carbocycles. The molecule has 19 heavy (non-hydrogen) atoms. The average molecular weight is 270 g/mol. The standard InChI is InChI=1S/C12H12F2N2O3/c13-12(14)3-5-15(6-4-12)10-2-1-9(8-17)7-11(10)16(18)19/h1-2,7-8H,3-6H2. The zero-order chi connectivity index (χ0) is 14.0. The van der Waals surface area contributed by atoms with Crippen molar-refractivity contribution < 1.29 is 18.5 Å². The fourth-order valence-electron chi connectivity index (χ4n) is 2.10. The molecule has 1 saturated heterocycles. The van der Waals surface area contributed by atoms with Crippen molar-refractivity contribution in [2.45, 2.75) is 18.8 Å². The van der Waals surface area contributed by atoms with Crippen molar-refractivity contribution in [1.82, 2.24) is 0 Å². The second-order valence-corrected chi connectivity index (χ2v) is 4.47. The van der Waals surface area contributed by atoms with Crippen LogP contribution in [0, 0.1) is 10.1 Å². The fourth-order valence-corrected chi connectivity index (χ4v) is 2.10. The number of nitrogens with zero attached hydrogens (tertiary/aromatic N) is 2. The van der Waals surface area contributed by atoms with Gasteiger partial charge in [-0.05, 0) is 12.1 Å². The van der Waals surface area contributed by atoms with Crippen molar-refractivity contribution in [3.8, 4) is 0 Å². The maximum absolute atomic E-state index is 13.1. The maximum Gasteiger partial charge on any atom is 0.293 e. The molecule has 0 bridgehead atoms. The molecule has 1 heterocycles. The number of nitro benzene ring substituents is 1. The van der Waals surface area contributed by atoms with Crippen LogP contribution in [-0.2, 0) is 0 Å². The van der Waals surface area contributed by atoms with Gasteiger partial charge in [0, 0.05) is 37.6 Å². The largest absolute Gasteiger partial charge is 0.366 e. The van der Waals surface area contributed by atoms with Gasteiger partial charge in [-0.3, -0.25) is 14.9 Å². The molecule has 5 nitrogen and oxygen atoms in total. The van der Waals surface area contributed by atoms with Gasteiger partial charge in [0.15, 0.2) is 0 Å². The van der Waals surface area contributed by atoms with Gasteiger partial charge in [0.05, 0.1) is 4.92 Å². The van der Waals surface area contributed by atoms with E-state index in [0.717, 1.165) is 6.07 Å². The van der Waals surface area contributed by atoms with Crippen LogP contribution in [0.25, 0.3) is 0 Å². The lowest BCUT2D eigenvalue weighted by Crippen LogP contribution is -2.39. The molecule has 0 unspecified atom stereocenters. The van der Waals surface area contributed by atoms with Crippen LogP contribution in [0.15, 0.2) is 18.2 Å². The molecular weight excluding hydrogens is 258 g/mol. The lowest BCUT2D eigenvalue weighted by molar-refractivity contribution is -0.384. The number of benzene rings is 1. The third-order valence-corrected chi connectivity index (χ3v) is 3.17. The van der Waals surface area contributed by atoms with Gasteiger partial charge < -0.3 is 4.90 Å². The molecule has 0 radical (unpaired) electrons. The van der Waals surface area contributed by atoms with Crippen LogP contribution < -0.4 is 4.90 Å². The molecule has 102 valence electrons. The molecule has 0 saturated carbocycles. The van der Waals surface area contributed by atoms with Crippen molar-refractivity contribution in [3.05, 3.63) is 33.9 Å². The first-order valence-electron chi connectivity index (χ1n) is 5.79. The first-order valence-corrected chi connectivity index (χ1v) is 5.79. The van der Waals surface area contributed by atoms with Crippen LogP contribution >= 0.6 is 0 Å². The molecule has 1 fully saturated rings. The number of aldehydes is 1. The monoisotopic (exact) mass is 270 g/mol. The van der Waals surface area contributed by atoms with Crippen molar-refractivity contribution in [1.29, 1.82) is 0 Å². The zero-order valence-corrected chi connectivity index (χ0v) is 10.0. The van der Waals surface area contributed by atoms with E-state index in [9.17, 15) is 23.7 Å². The number of halogens is 2. The number of carbonyl (C=O) groups excluding carboxylic acids is 1. The molecule has 1 aliphatic heterocycles. The highest BCUT2D eigenvalue weighted by molar-refractivity contribution is 5.79. The predicted octanol–water partition coefficient (Wildman–Crippen LogP) is 2.64. The Hall–Kier alpha value is -2.05. The molecule has 0 aromatic heterocycles. The summed E-state index contributed by atoms with van der Waals surface area (Å²) < 4.78 is 26.1. The van der Waals surface area contributed by atoms with Crippen LogP contribution in [0.3, 0.4) is 0 Å². The minimum absolute atomic E-state index is 0.0638. The van der Waals surface area contributed by atoms with E-state index in [0.29, 0.717) is 6.29 Å². The molecule has 1 aromatic carbocycles. The summed E-state index contributed by atoms with van der Waals surface area (Å²) in [6.07, 6.45) is -0.125. The Morgan fingerprint density at radius 3 is 2.47 bits per heavy atom. The Morgan fingerprint density at radius 2 is 1.95 bits per heavy atom. The summed E-state index contributed by atoms with van der Waals surface area (Å²) in [5, 5.41) is 11.0. The number of carbonyl (C=O) groups is 1. The first kappa shape index (κ1) is 13.4. The molecule has 0 N–H and O–H groups in total. The molecular formula is C12H12F2N2O3. The van der Waals surface area contributed by atoms with Crippen molar-refractivity contribution in [3.63, 3.8) is 0 Å². The van der Waals surface area contributed by atoms with E-state index in [4.69, 9.17) is 0 Å². The fraction of sp³-hybridized carbons (Fsp3) is 0.417. The van der Waals surface area contributed by atoms with Gasteiger partial charge in [0.2, 0.25) is 0 Å². The highest BCUT2D eigenvalue weighted by Crippen LogP contribution is 2.35. The smallest absolute Gasteiger partial charge is 0.293 e. The number of hydrogen-bond acceptors (Lipinski definition) is 4. The van der Waals surface area contributed by atoms with Gasteiger partial charge in [-0.25, -0.2) is 8.78 Å². The molecule has 0 amide bonds. The van der Waals surface area contributed by atoms with Gasteiger partial charge >= 0.3 is 0 Å². The van der Waals surface area contributed by atoms with Gasteiger partial charge in [-0.2, -0.15) is 0 Å². The Labute approximate surface area is 108 Å². The molecule has 1 aliphatic rings. The molecule has 1 aromatic rings. The molecule has 0 spiro atoms. The first-order chi connectivity index (χ1) is 8.93. The number of anilines is 1. The maximum atomic E-state index is 13.1. The lowest BCUT2D eigenvalue weighted by Gasteiger charge is -2.33. The Kier molecular flexibility index (Phi) is 3.46. The summed E-state index contributed by atoms with van der Waals surface area (Å²) in [6.45, 7) is 0.128. The van der Waals surface area contributed by atoms with Gasteiger partial charge in [0.1, 0.15) is 12.0 Å². The Balaban J connectivity index is 2.30. The molecule has 7 heteroatoms. The van der Waals surface area contributed by atoms with Crippen LogP contribution in [0.4, 0.5) is 20.2 Å². The highest BCUT2D eigenvalue weighted by atomic mass is 19.3. The molecule has 0 atom stereocenters. The summed E-state index contributed by atoms with van der Waals surface area (Å²) >= 11 is 0. The normalized spacial score (nSPS) is 18.1. The van der Waals surface area contributed by atoms with E-state index in [1.165, 1.54) is 12.1 Å². The van der Waals surface area contributed by atoms with E-state index < -0.39 is 10.8 Å². The van der Waals surface area contributed by atoms with E-state index >= 15 is 0 Å². The zero-order valence-electron chi connectivity index (χ0n) is 10.0. The average Bonchev–Trinajstić information content (AvgIpc) is 2.38. The highest BCUT2D eigenvalue weighted by Gasteiger charge is 2.35. The summed E-state index contributed by atoms with van der Waals surface area (Å²) in [6, 6.07) is 4.04. The van der Waals surface area contributed by atoms with Crippen molar-refractivity contribution >= 4 is 17.7 Å². The number of piperidine rings is 1. The number of rotatable bonds is 3. The van der Waals surface area contributed by atoms with Gasteiger partial charge in [0.25, 0.3) is 11.6 Å². The quantitative estimate of drug-likeness (QED) is 0.481. The van der Waals surface area contributed by atoms with E-state index in [1.807, 2.05) is 0 Å². The van der Waals surface area contributed by atoms with Crippen molar-refractivity contribution in [2.75, 3.05) is 18.0 Å². The summed E-state index contributed by atoms with van der Waals surface area (Å²) in [5.74, 6) is -2.70. The van der Waals surface area contributed by atoms with Crippen LogP contribution in [-0.4, -0.2) is 30.2 Å². The number of alkyl halides is 2. The summed E-state index contributed by atoms with van der Waals surface area (Å²) in [5.41, 5.74) is 0.249. The minimum atomic E-state index is -2.70. The Morgan fingerprint density at radius 1 is 1.32 bits per heavy atom. The minimum Gasteiger partial charge on any atom is -0.366 e. The predicted molar refractivity (Wildman–Crippen MR) is 64.9 cm³/mol. The third kappa shape index (κ3) is 2.86. The van der Waals surface area contributed by atoms with E-state index in [1.54, 1.807) is 4.90 Å². The van der Waals surface area contributed by atoms with E-state index in [-0.39, 0.29) is 42.9 Å². The van der Waals surface area contributed by atoms with Crippen LogP contribution in [0.5, 0.6) is 0 Å². The van der Waals surface area contributed by atoms with E-state index in [2.05, 4.69) is 0 Å². The third-order valence-electron chi connectivity index (χ3n) is 3.17. The SMILES string of the molecule is O=Cc1ccc(N2CCC(F)(F)CC2)c([N+](=O)[O-])c1. The number of hydrogen-bond donors (Lipinski definition) is 0. The second-order valence-electron chi connectivity index (χ2n) is 4.47. The second kappa shape index (κ2) is 4.91. The lowest BCUT2D eigenvalue weighted by atomic mass is 10.1. The topological polar surface area (TPSA) is 63.5 Å². The van der Waals surface area contributed by atoms with Gasteiger partial charge in [-0.15, -0.1) is 0 Å². The summed E-state index contributed by atoms with van der Waals surface area (Å²) in [4.78, 5) is 22.6.